The Balaban J connectivity index is 1.44. The number of aromatic nitrogens is 3. The van der Waals surface area contributed by atoms with Crippen molar-refractivity contribution < 1.29 is 27.2 Å². The lowest BCUT2D eigenvalue weighted by molar-refractivity contribution is -0.137. The predicted octanol–water partition coefficient (Wildman–Crippen LogP) is 5.66. The van der Waals surface area contributed by atoms with Crippen molar-refractivity contribution in [2.24, 2.45) is 5.41 Å². The van der Waals surface area contributed by atoms with Gasteiger partial charge in [-0.15, -0.1) is 0 Å². The second-order valence-electron chi connectivity index (χ2n) is 8.61. The molecule has 1 unspecified atom stereocenters. The van der Waals surface area contributed by atoms with Gasteiger partial charge in [0, 0.05) is 29.9 Å². The molecule has 1 amide bonds. The Morgan fingerprint density at radius 3 is 2.44 bits per heavy atom. The molecule has 0 spiro atoms. The lowest BCUT2D eigenvalue weighted by Crippen LogP contribution is -2.36. The molecule has 12 heteroatoms. The number of ketones is 1. The second kappa shape index (κ2) is 9.81. The average Bonchev–Trinajstić information content (AvgIpc) is 3.61. The predicted molar refractivity (Wildman–Crippen MR) is 123 cm³/mol. The topological polar surface area (TPSA) is 96.9 Å². The van der Waals surface area contributed by atoms with E-state index in [1.54, 1.807) is 0 Å². The summed E-state index contributed by atoms with van der Waals surface area (Å²) >= 11 is 5.68. The molecule has 3 aromatic rings. The van der Waals surface area contributed by atoms with Gasteiger partial charge in [0.05, 0.1) is 45.8 Å². The summed E-state index contributed by atoms with van der Waals surface area (Å²) in [5.74, 6) is -1.49. The Morgan fingerprint density at radius 2 is 1.83 bits per heavy atom. The molecule has 1 aliphatic rings. The number of Topliss-reactive ketones (excluding diaryl/α,β-unsaturated/α-hetero) is 1. The molecule has 1 saturated carbocycles. The van der Waals surface area contributed by atoms with Gasteiger partial charge in [-0.3, -0.25) is 14.6 Å². The van der Waals surface area contributed by atoms with Crippen LogP contribution in [-0.4, -0.2) is 26.6 Å². The summed E-state index contributed by atoms with van der Waals surface area (Å²) in [6.07, 6.45) is 1.53. The zero-order chi connectivity index (χ0) is 26.1. The molecule has 1 atom stereocenters. The number of halogens is 5. The summed E-state index contributed by atoms with van der Waals surface area (Å²) in [6.45, 7) is 1.53. The molecular weight excluding hydrogens is 502 g/mol. The molecule has 1 aliphatic carbocycles. The van der Waals surface area contributed by atoms with E-state index in [0.717, 1.165) is 18.2 Å². The number of amides is 1. The monoisotopic (exact) mass is 521 g/mol. The molecule has 2 N–H and O–H groups in total. The molecule has 4 rings (SSSR count). The van der Waals surface area contributed by atoms with Crippen molar-refractivity contribution in [2.75, 3.05) is 5.32 Å². The second-order valence-corrected chi connectivity index (χ2v) is 9.04. The van der Waals surface area contributed by atoms with E-state index >= 15 is 0 Å². The van der Waals surface area contributed by atoms with Crippen molar-refractivity contribution >= 4 is 34.7 Å². The fourth-order valence-electron chi connectivity index (χ4n) is 3.76. The van der Waals surface area contributed by atoms with Crippen molar-refractivity contribution in [3.8, 4) is 0 Å². The number of anilines is 2. The number of rotatable bonds is 8. The average molecular weight is 522 g/mol. The standard InChI is InChI=1S/C24H20ClF4N5O2/c1-13(33-22(36)23(4-5-23)8-20(35)14-9-30-12-31-10-14)21-18(26)7-16(11-32-21)34-19-3-2-15(25)6-17(19)24(27,28)29/h2-3,6-7,9-13,34H,4-5,8H2,1H3,(H,33,36). The summed E-state index contributed by atoms with van der Waals surface area (Å²) < 4.78 is 54.8. The van der Waals surface area contributed by atoms with E-state index in [2.05, 4.69) is 25.6 Å². The SMILES string of the molecule is CC(NC(=O)C1(CC(=O)c2cncnc2)CC1)c1ncc(Nc2ccc(Cl)cc2C(F)(F)F)cc1F. The maximum atomic E-state index is 14.8. The van der Waals surface area contributed by atoms with Crippen LogP contribution in [0, 0.1) is 11.2 Å². The van der Waals surface area contributed by atoms with Gasteiger partial charge in [-0.1, -0.05) is 11.6 Å². The van der Waals surface area contributed by atoms with Gasteiger partial charge in [-0.25, -0.2) is 14.4 Å². The zero-order valence-corrected chi connectivity index (χ0v) is 19.6. The Kier molecular flexibility index (Phi) is 6.94. The Labute approximate surface area is 208 Å². The zero-order valence-electron chi connectivity index (χ0n) is 18.9. The highest BCUT2D eigenvalue weighted by molar-refractivity contribution is 6.30. The minimum absolute atomic E-state index is 0.0167. The van der Waals surface area contributed by atoms with Crippen LogP contribution in [0.15, 0.2) is 49.2 Å². The quantitative estimate of drug-likeness (QED) is 0.293. The fraction of sp³-hybridized carbons (Fsp3) is 0.292. The van der Waals surface area contributed by atoms with Crippen molar-refractivity contribution in [2.45, 2.75) is 38.4 Å². The third-order valence-corrected chi connectivity index (χ3v) is 6.15. The van der Waals surface area contributed by atoms with Crippen LogP contribution in [0.25, 0.3) is 0 Å². The molecule has 0 saturated heterocycles. The molecule has 0 bridgehead atoms. The van der Waals surface area contributed by atoms with Gasteiger partial charge < -0.3 is 10.6 Å². The third kappa shape index (κ3) is 5.62. The van der Waals surface area contributed by atoms with Crippen LogP contribution in [0.1, 0.15) is 53.8 Å². The van der Waals surface area contributed by atoms with Gasteiger partial charge in [0.15, 0.2) is 5.78 Å². The van der Waals surface area contributed by atoms with E-state index < -0.39 is 34.9 Å². The fourth-order valence-corrected chi connectivity index (χ4v) is 3.93. The largest absolute Gasteiger partial charge is 0.418 e. The molecule has 7 nitrogen and oxygen atoms in total. The number of carbonyl (C=O) groups is 2. The Morgan fingerprint density at radius 1 is 1.14 bits per heavy atom. The highest BCUT2D eigenvalue weighted by Gasteiger charge is 2.51. The number of benzene rings is 1. The number of nitrogens with one attached hydrogen (secondary N) is 2. The number of hydrogen-bond donors (Lipinski definition) is 2. The van der Waals surface area contributed by atoms with Crippen LogP contribution < -0.4 is 10.6 Å². The molecule has 188 valence electrons. The van der Waals surface area contributed by atoms with Crippen LogP contribution in [0.3, 0.4) is 0 Å². The van der Waals surface area contributed by atoms with E-state index in [9.17, 15) is 27.2 Å². The van der Waals surface area contributed by atoms with Gasteiger partial charge in [0.2, 0.25) is 5.91 Å². The summed E-state index contributed by atoms with van der Waals surface area (Å²) in [6, 6.07) is 3.32. The number of alkyl halides is 3. The van der Waals surface area contributed by atoms with Gasteiger partial charge in [-0.2, -0.15) is 13.2 Å². The minimum atomic E-state index is -4.67. The van der Waals surface area contributed by atoms with Crippen molar-refractivity contribution in [1.29, 1.82) is 0 Å². The van der Waals surface area contributed by atoms with Crippen molar-refractivity contribution in [3.05, 3.63) is 76.8 Å². The number of nitrogens with zero attached hydrogens (tertiary/aromatic N) is 3. The maximum Gasteiger partial charge on any atom is 0.418 e. The maximum absolute atomic E-state index is 14.8. The van der Waals surface area contributed by atoms with E-state index in [4.69, 9.17) is 11.6 Å². The van der Waals surface area contributed by atoms with Gasteiger partial charge in [0.1, 0.15) is 12.1 Å². The van der Waals surface area contributed by atoms with E-state index in [1.165, 1.54) is 37.9 Å². The number of hydrogen-bond acceptors (Lipinski definition) is 6. The molecule has 0 aliphatic heterocycles. The summed E-state index contributed by atoms with van der Waals surface area (Å²) in [4.78, 5) is 37.0. The van der Waals surface area contributed by atoms with Crippen molar-refractivity contribution in [1.82, 2.24) is 20.3 Å². The molecule has 36 heavy (non-hydrogen) atoms. The number of carbonyl (C=O) groups excluding carboxylic acids is 2. The minimum Gasteiger partial charge on any atom is -0.354 e. The molecule has 0 radical (unpaired) electrons. The lowest BCUT2D eigenvalue weighted by atomic mass is 9.95. The first-order chi connectivity index (χ1) is 17.0. The molecular formula is C24H20ClF4N5O2. The Bertz CT molecular complexity index is 1300. The van der Waals surface area contributed by atoms with Crippen LogP contribution >= 0.6 is 11.6 Å². The first-order valence-corrected chi connectivity index (χ1v) is 11.2. The molecule has 1 fully saturated rings. The lowest BCUT2D eigenvalue weighted by Gasteiger charge is -2.20. The van der Waals surface area contributed by atoms with E-state index in [0.29, 0.717) is 18.4 Å². The first-order valence-electron chi connectivity index (χ1n) is 10.9. The first kappa shape index (κ1) is 25.5. The van der Waals surface area contributed by atoms with Crippen LogP contribution in [0.2, 0.25) is 5.02 Å². The van der Waals surface area contributed by atoms with E-state index in [1.807, 2.05) is 0 Å². The highest BCUT2D eigenvalue weighted by atomic mass is 35.5. The van der Waals surface area contributed by atoms with Gasteiger partial charge in [0.25, 0.3) is 0 Å². The summed E-state index contributed by atoms with van der Waals surface area (Å²) in [5, 5.41) is 5.11. The van der Waals surface area contributed by atoms with Crippen molar-refractivity contribution in [3.63, 3.8) is 0 Å². The van der Waals surface area contributed by atoms with Crippen LogP contribution in [0.5, 0.6) is 0 Å². The molecule has 2 aromatic heterocycles. The number of pyridine rings is 1. The molecule has 2 heterocycles. The summed E-state index contributed by atoms with van der Waals surface area (Å²) in [5.41, 5.74) is -2.02. The highest BCUT2D eigenvalue weighted by Crippen LogP contribution is 2.50. The normalized spacial score (nSPS) is 15.2. The third-order valence-electron chi connectivity index (χ3n) is 5.91. The van der Waals surface area contributed by atoms with Gasteiger partial charge in [-0.05, 0) is 38.0 Å². The van der Waals surface area contributed by atoms with Crippen LogP contribution in [-0.2, 0) is 11.0 Å². The smallest absolute Gasteiger partial charge is 0.354 e. The Hall–Kier alpha value is -3.60. The molecule has 1 aromatic carbocycles. The van der Waals surface area contributed by atoms with E-state index in [-0.39, 0.29) is 34.3 Å². The summed E-state index contributed by atoms with van der Waals surface area (Å²) in [7, 11) is 0. The van der Waals surface area contributed by atoms with Crippen LogP contribution in [0.4, 0.5) is 28.9 Å². The van der Waals surface area contributed by atoms with Gasteiger partial charge >= 0.3 is 6.18 Å².